The molecule has 4 heteroatoms. The SMILES string of the molecule is CC1(C)COC(c2cccc(OCCCCl)c2)=N1. The molecule has 1 heterocycles. The van der Waals surface area contributed by atoms with E-state index >= 15 is 0 Å². The highest BCUT2D eigenvalue weighted by atomic mass is 35.5. The second kappa shape index (κ2) is 5.61. The summed E-state index contributed by atoms with van der Waals surface area (Å²) < 4.78 is 11.2. The molecule has 0 atom stereocenters. The molecule has 0 spiro atoms. The van der Waals surface area contributed by atoms with E-state index in [2.05, 4.69) is 18.8 Å². The fraction of sp³-hybridized carbons (Fsp3) is 0.500. The van der Waals surface area contributed by atoms with Gasteiger partial charge in [0.05, 0.1) is 12.1 Å². The summed E-state index contributed by atoms with van der Waals surface area (Å²) in [5.74, 6) is 2.14. The van der Waals surface area contributed by atoms with E-state index in [1.807, 2.05) is 24.3 Å². The molecule has 0 saturated heterocycles. The van der Waals surface area contributed by atoms with Crippen molar-refractivity contribution < 1.29 is 9.47 Å². The minimum atomic E-state index is -0.134. The topological polar surface area (TPSA) is 30.8 Å². The van der Waals surface area contributed by atoms with E-state index in [1.165, 1.54) is 0 Å². The monoisotopic (exact) mass is 267 g/mol. The maximum Gasteiger partial charge on any atom is 0.216 e. The average molecular weight is 268 g/mol. The number of nitrogens with zero attached hydrogens (tertiary/aromatic N) is 1. The van der Waals surface area contributed by atoms with Crippen LogP contribution in [0.15, 0.2) is 29.3 Å². The van der Waals surface area contributed by atoms with Gasteiger partial charge < -0.3 is 9.47 Å². The molecule has 1 aliphatic heterocycles. The number of aliphatic imine (C=N–C) groups is 1. The van der Waals surface area contributed by atoms with Crippen LogP contribution in [0.5, 0.6) is 5.75 Å². The molecule has 0 N–H and O–H groups in total. The van der Waals surface area contributed by atoms with Crippen molar-refractivity contribution >= 4 is 17.5 Å². The summed E-state index contributed by atoms with van der Waals surface area (Å²) in [6.07, 6.45) is 0.844. The van der Waals surface area contributed by atoms with E-state index < -0.39 is 0 Å². The molecule has 0 fully saturated rings. The number of hydrogen-bond donors (Lipinski definition) is 0. The van der Waals surface area contributed by atoms with Gasteiger partial charge in [0.1, 0.15) is 12.4 Å². The molecule has 98 valence electrons. The van der Waals surface area contributed by atoms with Gasteiger partial charge in [-0.3, -0.25) is 0 Å². The van der Waals surface area contributed by atoms with E-state index in [-0.39, 0.29) is 5.54 Å². The highest BCUT2D eigenvalue weighted by Gasteiger charge is 2.27. The summed E-state index contributed by atoms with van der Waals surface area (Å²) in [5, 5.41) is 0. The second-order valence-electron chi connectivity index (χ2n) is 4.94. The Morgan fingerprint density at radius 2 is 2.28 bits per heavy atom. The van der Waals surface area contributed by atoms with Crippen LogP contribution in [0, 0.1) is 0 Å². The molecule has 1 aromatic rings. The molecule has 18 heavy (non-hydrogen) atoms. The third-order valence-electron chi connectivity index (χ3n) is 2.59. The fourth-order valence-corrected chi connectivity index (χ4v) is 1.80. The van der Waals surface area contributed by atoms with Crippen LogP contribution < -0.4 is 4.74 Å². The Balaban J connectivity index is 2.08. The Bertz CT molecular complexity index is 443. The summed E-state index contributed by atoms with van der Waals surface area (Å²) >= 11 is 5.61. The van der Waals surface area contributed by atoms with E-state index in [4.69, 9.17) is 21.1 Å². The van der Waals surface area contributed by atoms with Gasteiger partial charge in [-0.2, -0.15) is 0 Å². The van der Waals surface area contributed by atoms with Crippen molar-refractivity contribution in [1.82, 2.24) is 0 Å². The quantitative estimate of drug-likeness (QED) is 0.606. The zero-order valence-electron chi connectivity index (χ0n) is 10.8. The van der Waals surface area contributed by atoms with Crippen LogP contribution in [0.3, 0.4) is 0 Å². The maximum atomic E-state index is 5.61. The average Bonchev–Trinajstić information content (AvgIpc) is 2.71. The molecule has 0 radical (unpaired) electrons. The van der Waals surface area contributed by atoms with E-state index in [0.29, 0.717) is 25.0 Å². The normalized spacial score (nSPS) is 17.2. The van der Waals surface area contributed by atoms with E-state index in [0.717, 1.165) is 17.7 Å². The lowest BCUT2D eigenvalue weighted by Gasteiger charge is -2.07. The van der Waals surface area contributed by atoms with Gasteiger partial charge in [-0.05, 0) is 38.5 Å². The van der Waals surface area contributed by atoms with Crippen molar-refractivity contribution in [1.29, 1.82) is 0 Å². The van der Waals surface area contributed by atoms with Crippen LogP contribution in [0.2, 0.25) is 0 Å². The summed E-state index contributed by atoms with van der Waals surface area (Å²) in [7, 11) is 0. The molecule has 0 unspecified atom stereocenters. The molecule has 0 amide bonds. The zero-order chi connectivity index (χ0) is 13.0. The van der Waals surface area contributed by atoms with E-state index in [1.54, 1.807) is 0 Å². The molecule has 0 aromatic heterocycles. The fourth-order valence-electron chi connectivity index (χ4n) is 1.70. The Kier molecular flexibility index (Phi) is 4.12. The van der Waals surface area contributed by atoms with Crippen molar-refractivity contribution in [3.63, 3.8) is 0 Å². The molecule has 0 bridgehead atoms. The predicted octanol–water partition coefficient (Wildman–Crippen LogP) is 3.25. The number of rotatable bonds is 5. The third-order valence-corrected chi connectivity index (χ3v) is 2.86. The van der Waals surface area contributed by atoms with Gasteiger partial charge in [0.15, 0.2) is 0 Å². The Morgan fingerprint density at radius 3 is 2.94 bits per heavy atom. The Morgan fingerprint density at radius 1 is 1.44 bits per heavy atom. The van der Waals surface area contributed by atoms with Crippen LogP contribution in [0.1, 0.15) is 25.8 Å². The molecular formula is C14H18ClNO2. The largest absolute Gasteiger partial charge is 0.494 e. The van der Waals surface area contributed by atoms with Crippen LogP contribution in [0.4, 0.5) is 0 Å². The Hall–Kier alpha value is -1.22. The molecule has 3 nitrogen and oxygen atoms in total. The summed E-state index contributed by atoms with van der Waals surface area (Å²) in [4.78, 5) is 4.55. The first kappa shape index (κ1) is 13.2. The molecule has 2 rings (SSSR count). The summed E-state index contributed by atoms with van der Waals surface area (Å²) in [5.41, 5.74) is 0.828. The molecular weight excluding hydrogens is 250 g/mol. The number of halogens is 1. The maximum absolute atomic E-state index is 5.61. The Labute approximate surface area is 113 Å². The lowest BCUT2D eigenvalue weighted by atomic mass is 10.1. The number of alkyl halides is 1. The second-order valence-corrected chi connectivity index (χ2v) is 5.31. The summed E-state index contributed by atoms with van der Waals surface area (Å²) in [6.45, 7) is 5.37. The molecule has 0 saturated carbocycles. The minimum absolute atomic E-state index is 0.134. The van der Waals surface area contributed by atoms with Crippen molar-refractivity contribution in [2.24, 2.45) is 4.99 Å². The number of benzene rings is 1. The van der Waals surface area contributed by atoms with Gasteiger partial charge in [0, 0.05) is 11.4 Å². The predicted molar refractivity (Wildman–Crippen MR) is 73.8 cm³/mol. The first-order chi connectivity index (χ1) is 8.61. The minimum Gasteiger partial charge on any atom is -0.494 e. The van der Waals surface area contributed by atoms with Gasteiger partial charge >= 0.3 is 0 Å². The van der Waals surface area contributed by atoms with Crippen molar-refractivity contribution in [2.45, 2.75) is 25.8 Å². The lowest BCUT2D eigenvalue weighted by Crippen LogP contribution is -2.17. The highest BCUT2D eigenvalue weighted by molar-refractivity contribution is 6.17. The first-order valence-corrected chi connectivity index (χ1v) is 6.66. The first-order valence-electron chi connectivity index (χ1n) is 6.12. The van der Waals surface area contributed by atoms with Crippen LogP contribution >= 0.6 is 11.6 Å². The zero-order valence-corrected chi connectivity index (χ0v) is 11.5. The molecule has 1 aromatic carbocycles. The van der Waals surface area contributed by atoms with Gasteiger partial charge in [0.2, 0.25) is 5.90 Å². The van der Waals surface area contributed by atoms with Gasteiger partial charge in [-0.1, -0.05) is 6.07 Å². The van der Waals surface area contributed by atoms with Crippen molar-refractivity contribution in [3.8, 4) is 5.75 Å². The number of hydrogen-bond acceptors (Lipinski definition) is 3. The highest BCUT2D eigenvalue weighted by Crippen LogP contribution is 2.22. The van der Waals surface area contributed by atoms with Crippen LogP contribution in [-0.2, 0) is 4.74 Å². The standard InChI is InChI=1S/C14H18ClNO2/c1-14(2)10-18-13(16-14)11-5-3-6-12(9-11)17-8-4-7-15/h3,5-6,9H,4,7-8,10H2,1-2H3. The van der Waals surface area contributed by atoms with Crippen LogP contribution in [-0.4, -0.2) is 30.5 Å². The smallest absolute Gasteiger partial charge is 0.216 e. The van der Waals surface area contributed by atoms with Gasteiger partial charge in [-0.15, -0.1) is 11.6 Å². The number of ether oxygens (including phenoxy) is 2. The lowest BCUT2D eigenvalue weighted by molar-refractivity contribution is 0.279. The summed E-state index contributed by atoms with van der Waals surface area (Å²) in [6, 6.07) is 7.81. The molecule has 0 aliphatic carbocycles. The van der Waals surface area contributed by atoms with E-state index in [9.17, 15) is 0 Å². The molecule has 1 aliphatic rings. The van der Waals surface area contributed by atoms with Crippen molar-refractivity contribution in [3.05, 3.63) is 29.8 Å². The third kappa shape index (κ3) is 3.39. The van der Waals surface area contributed by atoms with Gasteiger partial charge in [0.25, 0.3) is 0 Å². The van der Waals surface area contributed by atoms with Gasteiger partial charge in [-0.25, -0.2) is 4.99 Å². The van der Waals surface area contributed by atoms with Crippen molar-refractivity contribution in [2.75, 3.05) is 19.1 Å². The van der Waals surface area contributed by atoms with Crippen LogP contribution in [0.25, 0.3) is 0 Å².